The predicted molar refractivity (Wildman–Crippen MR) is 105 cm³/mol. The van der Waals surface area contributed by atoms with Crippen LogP contribution in [-0.4, -0.2) is 29.4 Å². The van der Waals surface area contributed by atoms with Gasteiger partial charge in [-0.3, -0.25) is 15.1 Å². The first-order chi connectivity index (χ1) is 12.6. The number of hydrogen-bond donors (Lipinski definition) is 1. The molecule has 2 heterocycles. The maximum absolute atomic E-state index is 12.8. The summed E-state index contributed by atoms with van der Waals surface area (Å²) in [5, 5.41) is 11.2. The summed E-state index contributed by atoms with van der Waals surface area (Å²) in [6.07, 6.45) is 1.40. The van der Waals surface area contributed by atoms with Gasteiger partial charge >= 0.3 is 0 Å². The molecule has 6 nitrogen and oxygen atoms in total. The molecular formula is C18H15BrN4O2S. The Balaban J connectivity index is 2.00. The second kappa shape index (κ2) is 6.77. The highest BCUT2D eigenvalue weighted by molar-refractivity contribution is 9.10. The standard InChI is InChI=1S/C18H15BrN4O2S/c1-25-10-7-8-13(19)12(9-10)16-20-14-6-4-3-5-11(14)15-17(24)21-18(26-2)22-23(15)16/h3-9,16H,1-2H3,(H,21,22,24)/t16-/m1/s1. The molecular weight excluding hydrogens is 416 g/mol. The maximum atomic E-state index is 12.8. The van der Waals surface area contributed by atoms with Gasteiger partial charge in [0, 0.05) is 15.3 Å². The van der Waals surface area contributed by atoms with Gasteiger partial charge in [-0.2, -0.15) is 0 Å². The fourth-order valence-corrected chi connectivity index (χ4v) is 3.78. The van der Waals surface area contributed by atoms with Crippen molar-refractivity contribution in [3.05, 3.63) is 63.1 Å². The minimum Gasteiger partial charge on any atom is -0.497 e. The first-order valence-corrected chi connectivity index (χ1v) is 9.88. The van der Waals surface area contributed by atoms with Crippen molar-refractivity contribution in [2.24, 2.45) is 10.1 Å². The lowest BCUT2D eigenvalue weighted by atomic mass is 10.1. The molecule has 2 aromatic rings. The average Bonchev–Trinajstić information content (AvgIpc) is 2.67. The first kappa shape index (κ1) is 17.1. The highest BCUT2D eigenvalue weighted by Gasteiger charge is 2.35. The van der Waals surface area contributed by atoms with Crippen LogP contribution in [0.4, 0.5) is 0 Å². The van der Waals surface area contributed by atoms with Crippen LogP contribution in [0.1, 0.15) is 11.7 Å². The number of thioether (sulfide) groups is 1. The molecule has 8 heteroatoms. The number of ether oxygens (including phenoxy) is 1. The minimum atomic E-state index is -0.474. The summed E-state index contributed by atoms with van der Waals surface area (Å²) in [4.78, 5) is 17.6. The lowest BCUT2D eigenvalue weighted by Gasteiger charge is -2.34. The van der Waals surface area contributed by atoms with Gasteiger partial charge in [0.15, 0.2) is 11.3 Å². The fourth-order valence-electron chi connectivity index (χ4n) is 2.97. The normalized spacial score (nSPS) is 18.3. The summed E-state index contributed by atoms with van der Waals surface area (Å²) >= 11 is 4.97. The van der Waals surface area contributed by atoms with Crippen molar-refractivity contribution in [1.29, 1.82) is 0 Å². The van der Waals surface area contributed by atoms with Crippen LogP contribution in [0.3, 0.4) is 0 Å². The van der Waals surface area contributed by atoms with Crippen LogP contribution in [0, 0.1) is 0 Å². The van der Waals surface area contributed by atoms with E-state index < -0.39 is 6.17 Å². The van der Waals surface area contributed by atoms with Crippen molar-refractivity contribution < 1.29 is 9.53 Å². The Morgan fingerprint density at radius 3 is 2.85 bits per heavy atom. The molecule has 4 rings (SSSR count). The number of amidine groups is 1. The molecule has 0 fully saturated rings. The third-order valence-electron chi connectivity index (χ3n) is 4.19. The van der Waals surface area contributed by atoms with Crippen molar-refractivity contribution in [3.8, 4) is 5.75 Å². The van der Waals surface area contributed by atoms with E-state index in [4.69, 9.17) is 9.73 Å². The van der Waals surface area contributed by atoms with Crippen LogP contribution in [0.15, 0.2) is 57.0 Å². The fraction of sp³-hybridized carbons (Fsp3) is 0.167. The molecule has 0 aromatic heterocycles. The highest BCUT2D eigenvalue weighted by atomic mass is 79.9. The molecule has 1 amide bonds. The zero-order chi connectivity index (χ0) is 18.3. The average molecular weight is 431 g/mol. The Labute approximate surface area is 162 Å². The molecule has 132 valence electrons. The topological polar surface area (TPSA) is 66.3 Å². The van der Waals surface area contributed by atoms with E-state index >= 15 is 0 Å². The lowest BCUT2D eigenvalue weighted by molar-refractivity contribution is -0.116. The number of carbonyl (C=O) groups excluding carboxylic acids is 1. The van der Waals surface area contributed by atoms with E-state index in [0.717, 1.165) is 20.6 Å². The Morgan fingerprint density at radius 1 is 1.27 bits per heavy atom. The number of carbonyl (C=O) groups is 1. The van der Waals surface area contributed by atoms with E-state index in [1.807, 2.05) is 48.7 Å². The molecule has 0 aliphatic carbocycles. The molecule has 0 unspecified atom stereocenters. The van der Waals surface area contributed by atoms with Gasteiger partial charge in [0.25, 0.3) is 5.91 Å². The van der Waals surface area contributed by atoms with Gasteiger partial charge in [0.2, 0.25) is 0 Å². The first-order valence-electron chi connectivity index (χ1n) is 7.86. The van der Waals surface area contributed by atoms with Crippen LogP contribution in [0.25, 0.3) is 5.70 Å². The van der Waals surface area contributed by atoms with E-state index in [2.05, 4.69) is 26.3 Å². The number of hydrazone groups is 1. The minimum absolute atomic E-state index is 0.185. The number of rotatable bonds is 2. The monoisotopic (exact) mass is 430 g/mol. The van der Waals surface area contributed by atoms with Crippen molar-refractivity contribution in [3.63, 3.8) is 0 Å². The number of methoxy groups -OCH3 is 1. The number of nitrogens with one attached hydrogen (secondary N) is 1. The van der Waals surface area contributed by atoms with Crippen molar-refractivity contribution in [2.75, 3.05) is 13.4 Å². The molecule has 0 spiro atoms. The summed E-state index contributed by atoms with van der Waals surface area (Å²) in [5.74, 6) is 0.532. The van der Waals surface area contributed by atoms with Crippen LogP contribution in [0.5, 0.6) is 5.75 Å². The molecule has 26 heavy (non-hydrogen) atoms. The largest absolute Gasteiger partial charge is 0.497 e. The van der Waals surface area contributed by atoms with E-state index in [9.17, 15) is 4.79 Å². The Hall–Kier alpha value is -2.32. The van der Waals surface area contributed by atoms with Crippen LogP contribution < -0.4 is 20.6 Å². The molecule has 1 N–H and O–H groups in total. The van der Waals surface area contributed by atoms with E-state index in [1.54, 1.807) is 12.1 Å². The zero-order valence-corrected chi connectivity index (χ0v) is 16.5. The third kappa shape index (κ3) is 2.79. The predicted octanol–water partition coefficient (Wildman–Crippen LogP) is 1.96. The van der Waals surface area contributed by atoms with Crippen molar-refractivity contribution in [2.45, 2.75) is 6.17 Å². The molecule has 0 saturated heterocycles. The van der Waals surface area contributed by atoms with Crippen molar-refractivity contribution >= 4 is 44.5 Å². The van der Waals surface area contributed by atoms with Crippen LogP contribution >= 0.6 is 27.7 Å². The summed E-state index contributed by atoms with van der Waals surface area (Å²) in [6.45, 7) is 0. The SMILES string of the molecule is COc1ccc(Br)c([C@@H]2N=c3ccccc3=C3C(=O)NC(SC)=NN32)c1. The summed E-state index contributed by atoms with van der Waals surface area (Å²) < 4.78 is 6.24. The number of amides is 1. The summed E-state index contributed by atoms with van der Waals surface area (Å²) in [5.41, 5.74) is 1.36. The Bertz CT molecular complexity index is 1050. The quantitative estimate of drug-likeness (QED) is 0.790. The molecule has 0 bridgehead atoms. The van der Waals surface area contributed by atoms with Crippen molar-refractivity contribution in [1.82, 2.24) is 10.3 Å². The molecule has 2 aliphatic heterocycles. The Kier molecular flexibility index (Phi) is 4.46. The molecule has 1 atom stereocenters. The molecule has 0 radical (unpaired) electrons. The van der Waals surface area contributed by atoms with Gasteiger partial charge in [-0.15, -0.1) is 5.10 Å². The third-order valence-corrected chi connectivity index (χ3v) is 5.48. The zero-order valence-electron chi connectivity index (χ0n) is 14.1. The van der Waals surface area contributed by atoms with Gasteiger partial charge in [0.1, 0.15) is 11.4 Å². The number of nitrogens with zero attached hydrogens (tertiary/aromatic N) is 3. The van der Waals surface area contributed by atoms with Gasteiger partial charge in [-0.05, 0) is 30.5 Å². The maximum Gasteiger partial charge on any atom is 0.276 e. The van der Waals surface area contributed by atoms with Gasteiger partial charge in [-0.25, -0.2) is 5.01 Å². The van der Waals surface area contributed by atoms with Gasteiger partial charge < -0.3 is 4.74 Å². The number of halogens is 1. The lowest BCUT2D eigenvalue weighted by Crippen LogP contribution is -2.50. The van der Waals surface area contributed by atoms with E-state index in [-0.39, 0.29) is 5.91 Å². The smallest absolute Gasteiger partial charge is 0.276 e. The number of hydrogen-bond acceptors (Lipinski definition) is 6. The molecule has 2 aromatic carbocycles. The number of benzene rings is 2. The van der Waals surface area contributed by atoms with Crippen LogP contribution in [-0.2, 0) is 4.79 Å². The number of para-hydroxylation sites is 1. The van der Waals surface area contributed by atoms with Crippen LogP contribution in [0.2, 0.25) is 0 Å². The highest BCUT2D eigenvalue weighted by Crippen LogP contribution is 2.36. The second-order valence-electron chi connectivity index (χ2n) is 5.66. The van der Waals surface area contributed by atoms with E-state index in [0.29, 0.717) is 16.6 Å². The van der Waals surface area contributed by atoms with E-state index in [1.165, 1.54) is 11.8 Å². The number of fused-ring (bicyclic) bond motifs is 2. The molecule has 2 aliphatic rings. The second-order valence-corrected chi connectivity index (χ2v) is 7.31. The van der Waals surface area contributed by atoms with Gasteiger partial charge in [-0.1, -0.05) is 45.9 Å². The van der Waals surface area contributed by atoms with Gasteiger partial charge in [0.05, 0.1) is 12.5 Å². The molecule has 0 saturated carbocycles. The summed E-state index contributed by atoms with van der Waals surface area (Å²) in [6, 6.07) is 13.3. The Morgan fingerprint density at radius 2 is 2.08 bits per heavy atom. The summed E-state index contributed by atoms with van der Waals surface area (Å²) in [7, 11) is 1.62.